The first-order valence-corrected chi connectivity index (χ1v) is 7.67. The van der Waals surface area contributed by atoms with Gasteiger partial charge < -0.3 is 15.9 Å². The summed E-state index contributed by atoms with van der Waals surface area (Å²) in [4.78, 5) is 11.9. The molecular weight excluding hydrogens is 252 g/mol. The van der Waals surface area contributed by atoms with Crippen LogP contribution in [0.15, 0.2) is 4.42 Å². The molecular formula is C16H22N2O2. The van der Waals surface area contributed by atoms with Gasteiger partial charge in [0.1, 0.15) is 5.76 Å². The van der Waals surface area contributed by atoms with Crippen LogP contribution in [0.25, 0.3) is 0 Å². The Morgan fingerprint density at radius 3 is 2.10 bits per heavy atom. The van der Waals surface area contributed by atoms with Crippen LogP contribution in [-0.2, 0) is 5.41 Å². The fraction of sp³-hybridized carbons (Fsp3) is 0.688. The van der Waals surface area contributed by atoms with Crippen molar-refractivity contribution in [2.24, 2.45) is 23.5 Å². The Bertz CT molecular complexity index is 552. The number of carbonyl (C=O) groups is 1. The third kappa shape index (κ3) is 1.51. The molecule has 0 radical (unpaired) electrons. The average molecular weight is 274 g/mol. The van der Waals surface area contributed by atoms with Crippen molar-refractivity contribution in [1.29, 1.82) is 0 Å². The van der Waals surface area contributed by atoms with E-state index in [1.807, 2.05) is 0 Å². The Balaban J connectivity index is 1.87. The predicted molar refractivity (Wildman–Crippen MR) is 76.2 cm³/mol. The number of rotatable bonds is 2. The van der Waals surface area contributed by atoms with Crippen LogP contribution in [-0.4, -0.2) is 5.91 Å². The zero-order valence-corrected chi connectivity index (χ0v) is 11.9. The smallest absolute Gasteiger partial charge is 0.252 e. The normalized spacial score (nSPS) is 38.4. The maximum absolute atomic E-state index is 11.9. The van der Waals surface area contributed by atoms with Gasteiger partial charge in [0.15, 0.2) is 5.88 Å². The molecule has 0 spiro atoms. The first kappa shape index (κ1) is 12.3. The van der Waals surface area contributed by atoms with Gasteiger partial charge in [-0.25, -0.2) is 0 Å². The summed E-state index contributed by atoms with van der Waals surface area (Å²) in [5.41, 5.74) is 13.3. The largest absolute Gasteiger partial charge is 0.445 e. The molecule has 4 bridgehead atoms. The summed E-state index contributed by atoms with van der Waals surface area (Å²) in [6.07, 6.45) is 7.55. The number of aryl methyl sites for hydroxylation is 1. The van der Waals surface area contributed by atoms with Gasteiger partial charge in [0.05, 0.1) is 5.56 Å². The van der Waals surface area contributed by atoms with E-state index in [0.29, 0.717) is 17.2 Å². The molecule has 20 heavy (non-hydrogen) atoms. The quantitative estimate of drug-likeness (QED) is 0.870. The molecule has 4 N–H and O–H groups in total. The van der Waals surface area contributed by atoms with Crippen LogP contribution >= 0.6 is 0 Å². The van der Waals surface area contributed by atoms with Crippen molar-refractivity contribution >= 4 is 11.8 Å². The summed E-state index contributed by atoms with van der Waals surface area (Å²) in [5.74, 6) is 3.03. The second-order valence-corrected chi connectivity index (χ2v) is 7.33. The number of hydrogen-bond acceptors (Lipinski definition) is 3. The first-order chi connectivity index (χ1) is 9.48. The number of nitrogen functional groups attached to an aromatic ring is 1. The Kier molecular flexibility index (Phi) is 2.34. The Labute approximate surface area is 118 Å². The van der Waals surface area contributed by atoms with Crippen LogP contribution in [0.3, 0.4) is 0 Å². The van der Waals surface area contributed by atoms with E-state index in [1.165, 1.54) is 19.3 Å². The second kappa shape index (κ2) is 3.80. The van der Waals surface area contributed by atoms with Crippen LogP contribution in [0.2, 0.25) is 0 Å². The highest BCUT2D eigenvalue weighted by atomic mass is 16.4. The molecule has 0 aliphatic heterocycles. The number of carbonyl (C=O) groups excluding carboxylic acids is 1. The third-order valence-corrected chi connectivity index (χ3v) is 5.93. The number of furan rings is 1. The molecule has 0 unspecified atom stereocenters. The average Bonchev–Trinajstić information content (AvgIpc) is 2.63. The highest BCUT2D eigenvalue weighted by Gasteiger charge is 2.54. The van der Waals surface area contributed by atoms with Gasteiger partial charge in [0, 0.05) is 11.0 Å². The predicted octanol–water partition coefficient (Wildman–Crippen LogP) is 2.74. The van der Waals surface area contributed by atoms with Crippen molar-refractivity contribution in [2.75, 3.05) is 5.73 Å². The van der Waals surface area contributed by atoms with E-state index in [4.69, 9.17) is 15.9 Å². The molecule has 1 aromatic heterocycles. The maximum Gasteiger partial charge on any atom is 0.252 e. The lowest BCUT2D eigenvalue weighted by Crippen LogP contribution is -2.49. The summed E-state index contributed by atoms with van der Waals surface area (Å²) in [7, 11) is 0. The molecule has 0 atom stereocenters. The van der Waals surface area contributed by atoms with Crippen molar-refractivity contribution < 1.29 is 9.21 Å². The molecule has 4 saturated carbocycles. The lowest BCUT2D eigenvalue weighted by atomic mass is 9.48. The van der Waals surface area contributed by atoms with E-state index in [1.54, 1.807) is 6.92 Å². The number of amides is 1. The Morgan fingerprint density at radius 2 is 1.65 bits per heavy atom. The molecule has 4 heteroatoms. The van der Waals surface area contributed by atoms with Gasteiger partial charge in [-0.3, -0.25) is 4.79 Å². The van der Waals surface area contributed by atoms with Gasteiger partial charge in [-0.1, -0.05) is 0 Å². The van der Waals surface area contributed by atoms with E-state index in [0.717, 1.165) is 42.6 Å². The Morgan fingerprint density at radius 1 is 1.15 bits per heavy atom. The molecule has 1 heterocycles. The van der Waals surface area contributed by atoms with Crippen molar-refractivity contribution in [3.63, 3.8) is 0 Å². The number of primary amides is 1. The summed E-state index contributed by atoms with van der Waals surface area (Å²) in [6, 6.07) is 0. The van der Waals surface area contributed by atoms with Crippen LogP contribution in [0.1, 0.15) is 60.2 Å². The maximum atomic E-state index is 11.9. The zero-order valence-electron chi connectivity index (χ0n) is 11.9. The first-order valence-electron chi connectivity index (χ1n) is 7.67. The van der Waals surface area contributed by atoms with Crippen molar-refractivity contribution in [1.82, 2.24) is 0 Å². The molecule has 108 valence electrons. The van der Waals surface area contributed by atoms with Gasteiger partial charge in [-0.05, 0) is 63.2 Å². The highest BCUT2D eigenvalue weighted by molar-refractivity contribution is 5.97. The lowest BCUT2D eigenvalue weighted by molar-refractivity contribution is -0.00528. The number of nitrogens with two attached hydrogens (primary N) is 2. The van der Waals surface area contributed by atoms with Crippen molar-refractivity contribution in [3.05, 3.63) is 16.9 Å². The lowest BCUT2D eigenvalue weighted by Gasteiger charge is -2.56. The standard InChI is InChI=1S/C16H22N2O2/c1-8-12(14(17)19)13(15(18)20-8)16-5-9-2-10(6-16)4-11(3-9)7-16/h9-11H,2-7,18H2,1H3,(H2,17,19). The van der Waals surface area contributed by atoms with Crippen LogP contribution in [0, 0.1) is 24.7 Å². The van der Waals surface area contributed by atoms with E-state index >= 15 is 0 Å². The number of hydrogen-bond donors (Lipinski definition) is 2. The molecule has 1 amide bonds. The van der Waals surface area contributed by atoms with Gasteiger partial charge >= 0.3 is 0 Å². The van der Waals surface area contributed by atoms with Gasteiger partial charge in [-0.15, -0.1) is 0 Å². The molecule has 4 aliphatic rings. The van der Waals surface area contributed by atoms with Gasteiger partial charge in [0.2, 0.25) is 0 Å². The van der Waals surface area contributed by atoms with Crippen molar-refractivity contribution in [2.45, 2.75) is 50.9 Å². The fourth-order valence-electron chi connectivity index (χ4n) is 5.81. The second-order valence-electron chi connectivity index (χ2n) is 7.33. The summed E-state index contributed by atoms with van der Waals surface area (Å²) in [5, 5.41) is 0. The molecule has 4 fully saturated rings. The third-order valence-electron chi connectivity index (χ3n) is 5.93. The van der Waals surface area contributed by atoms with Crippen LogP contribution in [0.4, 0.5) is 5.88 Å². The van der Waals surface area contributed by atoms with E-state index in [-0.39, 0.29) is 5.41 Å². The fourth-order valence-corrected chi connectivity index (χ4v) is 5.81. The molecule has 1 aromatic rings. The van der Waals surface area contributed by atoms with E-state index in [2.05, 4.69) is 0 Å². The molecule has 0 aromatic carbocycles. The summed E-state index contributed by atoms with van der Waals surface area (Å²) in [6.45, 7) is 1.79. The SMILES string of the molecule is Cc1oc(N)c(C23CC4CC(CC(C4)C2)C3)c1C(N)=O. The molecule has 4 nitrogen and oxygen atoms in total. The topological polar surface area (TPSA) is 82.2 Å². The molecule has 4 aliphatic carbocycles. The van der Waals surface area contributed by atoms with Gasteiger partial charge in [-0.2, -0.15) is 0 Å². The van der Waals surface area contributed by atoms with E-state index in [9.17, 15) is 4.79 Å². The van der Waals surface area contributed by atoms with Gasteiger partial charge in [0.25, 0.3) is 5.91 Å². The monoisotopic (exact) mass is 274 g/mol. The van der Waals surface area contributed by atoms with Crippen LogP contribution in [0.5, 0.6) is 0 Å². The van der Waals surface area contributed by atoms with Crippen LogP contribution < -0.4 is 11.5 Å². The molecule has 5 rings (SSSR count). The zero-order chi connectivity index (χ0) is 14.1. The summed E-state index contributed by atoms with van der Waals surface area (Å²) < 4.78 is 5.57. The summed E-state index contributed by atoms with van der Waals surface area (Å²) >= 11 is 0. The van der Waals surface area contributed by atoms with Crippen molar-refractivity contribution in [3.8, 4) is 0 Å². The number of anilines is 1. The molecule has 0 saturated heterocycles. The van der Waals surface area contributed by atoms with E-state index < -0.39 is 5.91 Å². The minimum absolute atomic E-state index is 0.0565. The minimum Gasteiger partial charge on any atom is -0.445 e. The Hall–Kier alpha value is -1.45. The highest BCUT2D eigenvalue weighted by Crippen LogP contribution is 2.62. The minimum atomic E-state index is -0.395.